The normalized spacial score (nSPS) is 30.0. The van der Waals surface area contributed by atoms with Gasteiger partial charge in [-0.1, -0.05) is 19.1 Å². The number of carboxylic acid groups (broad SMARTS) is 1. The zero-order chi connectivity index (χ0) is 15.9. The van der Waals surface area contributed by atoms with Crippen molar-refractivity contribution in [3.63, 3.8) is 0 Å². The van der Waals surface area contributed by atoms with Crippen LogP contribution in [0.1, 0.15) is 64.7 Å². The van der Waals surface area contributed by atoms with Gasteiger partial charge in [-0.05, 0) is 62.7 Å². The number of nitrogens with one attached hydrogen (secondary N) is 1. The SMILES string of the molecule is CCCC(=O)N[C@H]1[C@@H]2CC[C@@H](C2)[C@@H]1C/C=C\CCCC(=O)O. The molecule has 0 radical (unpaired) electrons. The molecule has 0 saturated heterocycles. The maximum atomic E-state index is 11.9. The van der Waals surface area contributed by atoms with Gasteiger partial charge in [0.15, 0.2) is 0 Å². The van der Waals surface area contributed by atoms with Crippen LogP contribution < -0.4 is 5.32 Å². The highest BCUT2D eigenvalue weighted by molar-refractivity contribution is 5.76. The molecule has 1 amide bonds. The van der Waals surface area contributed by atoms with Gasteiger partial charge in [-0.3, -0.25) is 9.59 Å². The summed E-state index contributed by atoms with van der Waals surface area (Å²) in [5.41, 5.74) is 0. The number of rotatable bonds is 9. The first-order chi connectivity index (χ1) is 10.6. The standard InChI is InChI=1S/C18H29NO3/c1-2-7-16(20)19-18-14-11-10-13(12-14)15(18)8-5-3-4-6-9-17(21)22/h3,5,13-15,18H,2,4,6-12H2,1H3,(H,19,20)(H,21,22)/b5-3-/t13-,14+,15-,18-/m0/s1. The van der Waals surface area contributed by atoms with Crippen molar-refractivity contribution in [1.29, 1.82) is 0 Å². The summed E-state index contributed by atoms with van der Waals surface area (Å²) in [6, 6.07) is 0.362. The van der Waals surface area contributed by atoms with Crippen molar-refractivity contribution >= 4 is 11.9 Å². The Bertz CT molecular complexity index is 419. The van der Waals surface area contributed by atoms with Gasteiger partial charge in [0.2, 0.25) is 5.91 Å². The number of hydrogen-bond acceptors (Lipinski definition) is 2. The summed E-state index contributed by atoms with van der Waals surface area (Å²) in [4.78, 5) is 22.4. The van der Waals surface area contributed by atoms with Gasteiger partial charge in [0.1, 0.15) is 0 Å². The summed E-state index contributed by atoms with van der Waals surface area (Å²) in [6.45, 7) is 2.04. The molecular formula is C18H29NO3. The number of unbranched alkanes of at least 4 members (excludes halogenated alkanes) is 1. The van der Waals surface area contributed by atoms with E-state index in [-0.39, 0.29) is 12.3 Å². The first-order valence-electron chi connectivity index (χ1n) is 8.78. The minimum Gasteiger partial charge on any atom is -0.481 e. The molecule has 2 fully saturated rings. The zero-order valence-electron chi connectivity index (χ0n) is 13.6. The van der Waals surface area contributed by atoms with Crippen LogP contribution in [0.4, 0.5) is 0 Å². The Morgan fingerprint density at radius 3 is 2.68 bits per heavy atom. The second-order valence-corrected chi connectivity index (χ2v) is 6.83. The van der Waals surface area contributed by atoms with Gasteiger partial charge in [0, 0.05) is 18.9 Å². The Balaban J connectivity index is 1.78. The largest absolute Gasteiger partial charge is 0.481 e. The fourth-order valence-corrected chi connectivity index (χ4v) is 4.20. The van der Waals surface area contributed by atoms with E-state index in [0.29, 0.717) is 30.7 Å². The topological polar surface area (TPSA) is 66.4 Å². The fourth-order valence-electron chi connectivity index (χ4n) is 4.20. The molecule has 4 nitrogen and oxygen atoms in total. The lowest BCUT2D eigenvalue weighted by Crippen LogP contribution is -2.43. The van der Waals surface area contributed by atoms with Crippen molar-refractivity contribution in [3.05, 3.63) is 12.2 Å². The predicted molar refractivity (Wildman–Crippen MR) is 86.4 cm³/mol. The maximum absolute atomic E-state index is 11.9. The van der Waals surface area contributed by atoms with Crippen LogP contribution in [-0.4, -0.2) is 23.0 Å². The van der Waals surface area contributed by atoms with Gasteiger partial charge < -0.3 is 10.4 Å². The van der Waals surface area contributed by atoms with E-state index in [4.69, 9.17) is 5.11 Å². The van der Waals surface area contributed by atoms with Crippen LogP contribution in [0.3, 0.4) is 0 Å². The molecule has 0 aromatic rings. The van der Waals surface area contributed by atoms with Crippen LogP contribution in [0.15, 0.2) is 12.2 Å². The van der Waals surface area contributed by atoms with E-state index in [2.05, 4.69) is 17.5 Å². The van der Waals surface area contributed by atoms with Gasteiger partial charge >= 0.3 is 5.97 Å². The summed E-state index contributed by atoms with van der Waals surface area (Å²) in [6.07, 6.45) is 12.5. The molecule has 2 bridgehead atoms. The Morgan fingerprint density at radius 2 is 1.95 bits per heavy atom. The van der Waals surface area contributed by atoms with Crippen LogP contribution in [0.25, 0.3) is 0 Å². The van der Waals surface area contributed by atoms with E-state index in [1.807, 2.05) is 6.92 Å². The third kappa shape index (κ3) is 4.59. The number of fused-ring (bicyclic) bond motifs is 2. The van der Waals surface area contributed by atoms with E-state index in [9.17, 15) is 9.59 Å². The van der Waals surface area contributed by atoms with Gasteiger partial charge in [-0.15, -0.1) is 0 Å². The molecule has 2 rings (SSSR count). The molecule has 4 heteroatoms. The molecule has 0 aliphatic heterocycles. The van der Waals surface area contributed by atoms with E-state index >= 15 is 0 Å². The number of hydrogen-bond donors (Lipinski definition) is 2. The highest BCUT2D eigenvalue weighted by atomic mass is 16.4. The molecule has 22 heavy (non-hydrogen) atoms. The molecule has 2 N–H and O–H groups in total. The molecule has 0 spiro atoms. The fraction of sp³-hybridized carbons (Fsp3) is 0.778. The number of carbonyl (C=O) groups is 2. The lowest BCUT2D eigenvalue weighted by Gasteiger charge is -2.31. The Morgan fingerprint density at radius 1 is 1.18 bits per heavy atom. The molecular weight excluding hydrogens is 278 g/mol. The van der Waals surface area contributed by atoms with Crippen molar-refractivity contribution < 1.29 is 14.7 Å². The summed E-state index contributed by atoms with van der Waals surface area (Å²) < 4.78 is 0. The van der Waals surface area contributed by atoms with Gasteiger partial charge in [-0.2, -0.15) is 0 Å². The number of aliphatic carboxylic acids is 1. The molecule has 124 valence electrons. The monoisotopic (exact) mass is 307 g/mol. The van der Waals surface area contributed by atoms with Crippen molar-refractivity contribution in [2.75, 3.05) is 0 Å². The molecule has 2 aliphatic carbocycles. The Hall–Kier alpha value is -1.32. The van der Waals surface area contributed by atoms with Crippen LogP contribution >= 0.6 is 0 Å². The third-order valence-electron chi connectivity index (χ3n) is 5.23. The smallest absolute Gasteiger partial charge is 0.303 e. The number of carboxylic acids is 1. The number of amides is 1. The average molecular weight is 307 g/mol. The maximum Gasteiger partial charge on any atom is 0.303 e. The van der Waals surface area contributed by atoms with Crippen molar-refractivity contribution in [2.45, 2.75) is 70.8 Å². The predicted octanol–water partition coefficient (Wildman–Crippen LogP) is 3.52. The molecule has 2 saturated carbocycles. The van der Waals surface area contributed by atoms with Crippen molar-refractivity contribution in [3.8, 4) is 0 Å². The second kappa shape index (κ2) is 8.35. The number of allylic oxidation sites excluding steroid dienone is 2. The van der Waals surface area contributed by atoms with E-state index in [1.54, 1.807) is 0 Å². The molecule has 0 unspecified atom stereocenters. The Labute approximate surface area is 133 Å². The number of carbonyl (C=O) groups excluding carboxylic acids is 1. The minimum absolute atomic E-state index is 0.204. The van der Waals surface area contributed by atoms with Crippen molar-refractivity contribution in [1.82, 2.24) is 5.32 Å². The summed E-state index contributed by atoms with van der Waals surface area (Å²) in [7, 11) is 0. The third-order valence-corrected chi connectivity index (χ3v) is 5.23. The molecule has 2 aliphatic rings. The molecule has 0 aromatic carbocycles. The van der Waals surface area contributed by atoms with Gasteiger partial charge in [0.25, 0.3) is 0 Å². The van der Waals surface area contributed by atoms with Gasteiger partial charge in [0.05, 0.1) is 0 Å². The van der Waals surface area contributed by atoms with Crippen LogP contribution in [-0.2, 0) is 9.59 Å². The lowest BCUT2D eigenvalue weighted by molar-refractivity contribution is -0.137. The average Bonchev–Trinajstić information content (AvgIpc) is 3.05. The second-order valence-electron chi connectivity index (χ2n) is 6.83. The van der Waals surface area contributed by atoms with Gasteiger partial charge in [-0.25, -0.2) is 0 Å². The lowest BCUT2D eigenvalue weighted by atomic mass is 9.82. The Kier molecular flexibility index (Phi) is 6.47. The van der Waals surface area contributed by atoms with Crippen molar-refractivity contribution in [2.24, 2.45) is 17.8 Å². The summed E-state index contributed by atoms with van der Waals surface area (Å²) in [5, 5.41) is 11.9. The quantitative estimate of drug-likeness (QED) is 0.506. The van der Waals surface area contributed by atoms with E-state index in [1.165, 1.54) is 19.3 Å². The molecule has 0 aromatic heterocycles. The van der Waals surface area contributed by atoms with Crippen LogP contribution in [0.2, 0.25) is 0 Å². The van der Waals surface area contributed by atoms with Crippen LogP contribution in [0, 0.1) is 17.8 Å². The van der Waals surface area contributed by atoms with Crippen LogP contribution in [0.5, 0.6) is 0 Å². The highest BCUT2D eigenvalue weighted by Crippen LogP contribution is 2.49. The minimum atomic E-state index is -0.722. The highest BCUT2D eigenvalue weighted by Gasteiger charge is 2.47. The first-order valence-corrected chi connectivity index (χ1v) is 8.78. The molecule has 0 heterocycles. The van der Waals surface area contributed by atoms with E-state index in [0.717, 1.165) is 25.2 Å². The van der Waals surface area contributed by atoms with E-state index < -0.39 is 5.97 Å². The first kappa shape index (κ1) is 17.0. The zero-order valence-corrected chi connectivity index (χ0v) is 13.6. The molecule has 4 atom stereocenters. The summed E-state index contributed by atoms with van der Waals surface area (Å²) >= 11 is 0. The summed E-state index contributed by atoms with van der Waals surface area (Å²) in [5.74, 6) is 1.50.